The van der Waals surface area contributed by atoms with Gasteiger partial charge in [0.1, 0.15) is 5.82 Å². The number of likely N-dealkylation sites (N-methyl/N-ethyl adjacent to an activating group) is 1. The normalized spacial score (nSPS) is 16.2. The van der Waals surface area contributed by atoms with Gasteiger partial charge in [-0.2, -0.15) is 0 Å². The van der Waals surface area contributed by atoms with Crippen LogP contribution in [-0.4, -0.2) is 37.6 Å². The van der Waals surface area contributed by atoms with Crippen molar-refractivity contribution in [3.8, 4) is 0 Å². The van der Waals surface area contributed by atoms with Gasteiger partial charge in [0, 0.05) is 26.2 Å². The van der Waals surface area contributed by atoms with E-state index < -0.39 is 0 Å². The van der Waals surface area contributed by atoms with E-state index in [1.54, 1.807) is 6.07 Å². The zero-order valence-corrected chi connectivity index (χ0v) is 12.0. The highest BCUT2D eigenvalue weighted by atomic mass is 19.1. The largest absolute Gasteiger partial charge is 0.367 e. The molecule has 0 saturated carbocycles. The van der Waals surface area contributed by atoms with Gasteiger partial charge in [0.05, 0.1) is 5.69 Å². The van der Waals surface area contributed by atoms with Crippen molar-refractivity contribution >= 4 is 5.69 Å². The molecule has 0 bridgehead atoms. The molecule has 2 rings (SSSR count). The summed E-state index contributed by atoms with van der Waals surface area (Å²) >= 11 is 0. The molecular formula is C15H25FN2. The smallest absolute Gasteiger partial charge is 0.146 e. The molecule has 102 valence electrons. The van der Waals surface area contributed by atoms with Crippen LogP contribution in [0, 0.1) is 12.7 Å². The van der Waals surface area contributed by atoms with Gasteiger partial charge >= 0.3 is 0 Å². The van der Waals surface area contributed by atoms with Crippen molar-refractivity contribution in [3.05, 3.63) is 29.6 Å². The number of anilines is 1. The molecule has 0 radical (unpaired) electrons. The van der Waals surface area contributed by atoms with E-state index in [2.05, 4.69) is 16.7 Å². The highest BCUT2D eigenvalue weighted by Gasteiger charge is 2.18. The summed E-state index contributed by atoms with van der Waals surface area (Å²) in [5, 5.41) is 0. The van der Waals surface area contributed by atoms with Gasteiger partial charge < -0.3 is 9.80 Å². The lowest BCUT2D eigenvalue weighted by atomic mass is 10.2. The summed E-state index contributed by atoms with van der Waals surface area (Å²) in [5.41, 5.74) is 1.73. The summed E-state index contributed by atoms with van der Waals surface area (Å²) in [4.78, 5) is 4.53. The fraction of sp³-hybridized carbons (Fsp3) is 0.600. The van der Waals surface area contributed by atoms with Crippen molar-refractivity contribution in [2.75, 3.05) is 37.6 Å². The van der Waals surface area contributed by atoms with E-state index >= 15 is 0 Å². The molecular weight excluding hydrogens is 227 g/mol. The zero-order chi connectivity index (χ0) is 13.5. The number of aryl methyl sites for hydroxylation is 1. The minimum Gasteiger partial charge on any atom is -0.367 e. The average Bonchev–Trinajstić information content (AvgIpc) is 2.41. The Morgan fingerprint density at radius 2 is 1.72 bits per heavy atom. The summed E-state index contributed by atoms with van der Waals surface area (Å²) in [6.07, 6.45) is 0. The molecule has 1 aromatic carbocycles. The van der Waals surface area contributed by atoms with Gasteiger partial charge in [0.15, 0.2) is 0 Å². The summed E-state index contributed by atoms with van der Waals surface area (Å²) in [7, 11) is 0. The molecule has 1 aliphatic rings. The minimum atomic E-state index is -0.0926. The molecule has 0 spiro atoms. The molecule has 1 aromatic rings. The number of rotatable bonds is 2. The van der Waals surface area contributed by atoms with E-state index in [1.165, 1.54) is 0 Å². The number of hydrogen-bond donors (Lipinski definition) is 0. The first kappa shape index (κ1) is 15.0. The lowest BCUT2D eigenvalue weighted by molar-refractivity contribution is 0.270. The first-order valence-corrected chi connectivity index (χ1v) is 6.94. The van der Waals surface area contributed by atoms with Crippen LogP contribution < -0.4 is 4.90 Å². The number of nitrogens with zero attached hydrogens (tertiary/aromatic N) is 2. The van der Waals surface area contributed by atoms with Crippen LogP contribution in [0.25, 0.3) is 0 Å². The van der Waals surface area contributed by atoms with Crippen LogP contribution in [0.2, 0.25) is 0 Å². The Labute approximate surface area is 110 Å². The molecule has 0 atom stereocenters. The van der Waals surface area contributed by atoms with E-state index in [0.717, 1.165) is 44.0 Å². The van der Waals surface area contributed by atoms with E-state index in [1.807, 2.05) is 32.9 Å². The maximum atomic E-state index is 13.8. The van der Waals surface area contributed by atoms with E-state index in [9.17, 15) is 4.39 Å². The first-order valence-electron chi connectivity index (χ1n) is 6.94. The van der Waals surface area contributed by atoms with Crippen LogP contribution in [-0.2, 0) is 0 Å². The molecule has 0 aromatic heterocycles. The predicted molar refractivity (Wildman–Crippen MR) is 76.8 cm³/mol. The van der Waals surface area contributed by atoms with Crippen molar-refractivity contribution in [2.45, 2.75) is 27.7 Å². The number of benzene rings is 1. The fourth-order valence-corrected chi connectivity index (χ4v) is 2.17. The second kappa shape index (κ2) is 7.37. The van der Waals surface area contributed by atoms with Gasteiger partial charge in [-0.25, -0.2) is 4.39 Å². The van der Waals surface area contributed by atoms with Crippen molar-refractivity contribution in [3.63, 3.8) is 0 Å². The quantitative estimate of drug-likeness (QED) is 0.797. The van der Waals surface area contributed by atoms with E-state index in [4.69, 9.17) is 0 Å². The first-order chi connectivity index (χ1) is 8.70. The predicted octanol–water partition coefficient (Wildman–Crippen LogP) is 3.30. The Balaban J connectivity index is 0.000000771. The van der Waals surface area contributed by atoms with Gasteiger partial charge in [-0.15, -0.1) is 0 Å². The van der Waals surface area contributed by atoms with Gasteiger partial charge in [-0.05, 0) is 31.2 Å². The monoisotopic (exact) mass is 252 g/mol. The highest BCUT2D eigenvalue weighted by Crippen LogP contribution is 2.21. The standard InChI is InChI=1S/C13H19FN2.C2H6/c1-3-15-6-8-16(9-7-15)13-5-4-11(2)10-12(13)14;1-2/h4-5,10H,3,6-9H2,1-2H3;1-2H3. The third kappa shape index (κ3) is 3.70. The SMILES string of the molecule is CC.CCN1CCN(c2ccc(C)cc2F)CC1. The molecule has 1 aliphatic heterocycles. The molecule has 0 aliphatic carbocycles. The second-order valence-corrected chi connectivity index (χ2v) is 4.38. The maximum Gasteiger partial charge on any atom is 0.146 e. The minimum absolute atomic E-state index is 0.0926. The van der Waals surface area contributed by atoms with Crippen LogP contribution in [0.3, 0.4) is 0 Å². The molecule has 18 heavy (non-hydrogen) atoms. The Bertz CT molecular complexity index is 358. The number of piperazine rings is 1. The van der Waals surface area contributed by atoms with Gasteiger partial charge in [0.2, 0.25) is 0 Å². The van der Waals surface area contributed by atoms with Crippen LogP contribution in [0.1, 0.15) is 26.3 Å². The molecule has 1 fully saturated rings. The summed E-state index contributed by atoms with van der Waals surface area (Å²) in [6, 6.07) is 5.48. The van der Waals surface area contributed by atoms with Crippen molar-refractivity contribution in [1.82, 2.24) is 4.90 Å². The molecule has 1 saturated heterocycles. The highest BCUT2D eigenvalue weighted by molar-refractivity contribution is 5.49. The summed E-state index contributed by atoms with van der Waals surface area (Å²) < 4.78 is 13.8. The Hall–Kier alpha value is -1.09. The molecule has 0 N–H and O–H groups in total. The van der Waals surface area contributed by atoms with Crippen LogP contribution in [0.4, 0.5) is 10.1 Å². The second-order valence-electron chi connectivity index (χ2n) is 4.38. The molecule has 3 heteroatoms. The van der Waals surface area contributed by atoms with Gasteiger partial charge in [-0.3, -0.25) is 0 Å². The van der Waals surface area contributed by atoms with Crippen molar-refractivity contribution < 1.29 is 4.39 Å². The van der Waals surface area contributed by atoms with Crippen molar-refractivity contribution in [1.29, 1.82) is 0 Å². The van der Waals surface area contributed by atoms with Crippen LogP contribution >= 0.6 is 0 Å². The molecule has 0 unspecified atom stereocenters. The number of hydrogen-bond acceptors (Lipinski definition) is 2. The summed E-state index contributed by atoms with van der Waals surface area (Å²) in [6.45, 7) is 13.1. The maximum absolute atomic E-state index is 13.8. The Morgan fingerprint density at radius 3 is 2.22 bits per heavy atom. The average molecular weight is 252 g/mol. The summed E-state index contributed by atoms with van der Waals surface area (Å²) in [5.74, 6) is -0.0926. The lowest BCUT2D eigenvalue weighted by Gasteiger charge is -2.35. The Kier molecular flexibility index (Phi) is 6.13. The van der Waals surface area contributed by atoms with Crippen LogP contribution in [0.5, 0.6) is 0 Å². The van der Waals surface area contributed by atoms with Gasteiger partial charge in [0.25, 0.3) is 0 Å². The zero-order valence-electron chi connectivity index (χ0n) is 12.0. The van der Waals surface area contributed by atoms with E-state index in [0.29, 0.717) is 0 Å². The molecule has 0 amide bonds. The topological polar surface area (TPSA) is 6.48 Å². The molecule has 1 heterocycles. The number of halogens is 1. The Morgan fingerprint density at radius 1 is 1.11 bits per heavy atom. The third-order valence-corrected chi connectivity index (χ3v) is 3.26. The van der Waals surface area contributed by atoms with Crippen molar-refractivity contribution in [2.24, 2.45) is 0 Å². The van der Waals surface area contributed by atoms with E-state index in [-0.39, 0.29) is 5.82 Å². The fourth-order valence-electron chi connectivity index (χ4n) is 2.17. The lowest BCUT2D eigenvalue weighted by Crippen LogP contribution is -2.46. The third-order valence-electron chi connectivity index (χ3n) is 3.26. The van der Waals surface area contributed by atoms with Gasteiger partial charge in [-0.1, -0.05) is 26.8 Å². The molecule has 2 nitrogen and oxygen atoms in total. The van der Waals surface area contributed by atoms with Crippen LogP contribution in [0.15, 0.2) is 18.2 Å².